The van der Waals surface area contributed by atoms with Crippen molar-refractivity contribution in [1.29, 1.82) is 0 Å². The molecule has 1 aliphatic carbocycles. The second-order valence-electron chi connectivity index (χ2n) is 7.68. The Kier molecular flexibility index (Phi) is 8.22. The van der Waals surface area contributed by atoms with Crippen LogP contribution in [0.4, 0.5) is 0 Å². The van der Waals surface area contributed by atoms with E-state index in [0.29, 0.717) is 6.04 Å². The van der Waals surface area contributed by atoms with Crippen molar-refractivity contribution in [3.63, 3.8) is 0 Å². The van der Waals surface area contributed by atoms with Gasteiger partial charge in [-0.15, -0.1) is 0 Å². The van der Waals surface area contributed by atoms with Crippen LogP contribution < -0.4 is 0 Å². The lowest BCUT2D eigenvalue weighted by atomic mass is 9.88. The Bertz CT molecular complexity index is 278. The van der Waals surface area contributed by atoms with Gasteiger partial charge in [0.2, 0.25) is 0 Å². The van der Waals surface area contributed by atoms with Gasteiger partial charge in [-0.3, -0.25) is 0 Å². The first-order valence-corrected chi connectivity index (χ1v) is 8.93. The smallest absolute Gasteiger partial charge is 0.0248 e. The molecule has 1 aliphatic rings. The zero-order chi connectivity index (χ0) is 16.0. The lowest BCUT2D eigenvalue weighted by Gasteiger charge is -2.43. The molecule has 0 aromatic heterocycles. The van der Waals surface area contributed by atoms with Gasteiger partial charge in [0, 0.05) is 24.7 Å². The molecule has 3 atom stereocenters. The Morgan fingerprint density at radius 3 is 2.00 bits per heavy atom. The number of nitrogens with zero attached hydrogens (tertiary/aromatic N) is 3. The van der Waals surface area contributed by atoms with Crippen LogP contribution in [0.25, 0.3) is 0 Å². The summed E-state index contributed by atoms with van der Waals surface area (Å²) < 4.78 is 0. The van der Waals surface area contributed by atoms with E-state index in [4.69, 9.17) is 0 Å². The molecule has 0 spiro atoms. The quantitative estimate of drug-likeness (QED) is 0.681. The molecule has 0 bridgehead atoms. The average Bonchev–Trinajstić information content (AvgIpc) is 2.45. The zero-order valence-electron chi connectivity index (χ0n) is 15.6. The molecule has 0 aromatic carbocycles. The molecule has 0 aliphatic heterocycles. The Morgan fingerprint density at radius 1 is 0.952 bits per heavy atom. The standard InChI is InChI=1S/C18H39N3/c1-8-20(6)16(13-15(2)3)14-21(7)18-12-10-9-11-17(18)19(4)5/h15-18H,8-14H2,1-7H3. The third-order valence-corrected chi connectivity index (χ3v) is 5.29. The lowest BCUT2D eigenvalue weighted by Crippen LogP contribution is -2.53. The van der Waals surface area contributed by atoms with Crippen LogP contribution in [0, 0.1) is 5.92 Å². The molecule has 21 heavy (non-hydrogen) atoms. The molecule has 0 aromatic rings. The Balaban J connectivity index is 2.67. The van der Waals surface area contributed by atoms with Gasteiger partial charge < -0.3 is 14.7 Å². The number of rotatable bonds is 8. The molecular weight excluding hydrogens is 258 g/mol. The molecule has 3 nitrogen and oxygen atoms in total. The van der Waals surface area contributed by atoms with Crippen LogP contribution in [-0.4, -0.2) is 74.1 Å². The highest BCUT2D eigenvalue weighted by Gasteiger charge is 2.31. The molecule has 1 fully saturated rings. The van der Waals surface area contributed by atoms with E-state index >= 15 is 0 Å². The maximum absolute atomic E-state index is 2.66. The van der Waals surface area contributed by atoms with Crippen LogP contribution in [0.15, 0.2) is 0 Å². The third-order valence-electron chi connectivity index (χ3n) is 5.29. The van der Waals surface area contributed by atoms with Crippen molar-refractivity contribution in [3.05, 3.63) is 0 Å². The maximum atomic E-state index is 2.66. The Morgan fingerprint density at radius 2 is 1.52 bits per heavy atom. The summed E-state index contributed by atoms with van der Waals surface area (Å²) in [6.45, 7) is 9.32. The van der Waals surface area contributed by atoms with Crippen molar-refractivity contribution in [2.75, 3.05) is 41.3 Å². The van der Waals surface area contributed by atoms with E-state index in [1.165, 1.54) is 38.6 Å². The van der Waals surface area contributed by atoms with Crippen LogP contribution in [0.3, 0.4) is 0 Å². The van der Waals surface area contributed by atoms with Crippen LogP contribution in [0.1, 0.15) is 52.9 Å². The van der Waals surface area contributed by atoms with E-state index < -0.39 is 0 Å². The van der Waals surface area contributed by atoms with Crippen molar-refractivity contribution in [2.45, 2.75) is 71.0 Å². The van der Waals surface area contributed by atoms with Crippen LogP contribution in [0.5, 0.6) is 0 Å². The van der Waals surface area contributed by atoms with E-state index in [2.05, 4.69) is 63.7 Å². The second kappa shape index (κ2) is 9.12. The average molecular weight is 298 g/mol. The van der Waals surface area contributed by atoms with Crippen LogP contribution in [-0.2, 0) is 0 Å². The summed E-state index contributed by atoms with van der Waals surface area (Å²) in [6.07, 6.45) is 6.83. The fraction of sp³-hybridized carbons (Fsp3) is 1.00. The molecule has 126 valence electrons. The summed E-state index contributed by atoms with van der Waals surface area (Å²) in [5.74, 6) is 0.772. The van der Waals surface area contributed by atoms with E-state index in [1.54, 1.807) is 0 Å². The SMILES string of the molecule is CCN(C)C(CC(C)C)CN(C)C1CCCCC1N(C)C. The lowest BCUT2D eigenvalue weighted by molar-refractivity contribution is 0.0660. The Hall–Kier alpha value is -0.120. The van der Waals surface area contributed by atoms with Gasteiger partial charge in [-0.05, 0) is 59.9 Å². The van der Waals surface area contributed by atoms with Crippen molar-refractivity contribution in [3.8, 4) is 0 Å². The minimum atomic E-state index is 0.685. The monoisotopic (exact) mass is 297 g/mol. The van der Waals surface area contributed by atoms with Gasteiger partial charge in [0.05, 0.1) is 0 Å². The molecule has 1 rings (SSSR count). The summed E-state index contributed by atoms with van der Waals surface area (Å²) in [6, 6.07) is 2.15. The van der Waals surface area contributed by atoms with Crippen molar-refractivity contribution < 1.29 is 0 Å². The Labute approximate surface area is 133 Å². The normalized spacial score (nSPS) is 25.3. The van der Waals surface area contributed by atoms with Gasteiger partial charge in [0.1, 0.15) is 0 Å². The first kappa shape index (κ1) is 18.9. The van der Waals surface area contributed by atoms with E-state index in [1.807, 2.05) is 0 Å². The molecule has 0 radical (unpaired) electrons. The van der Waals surface area contributed by atoms with Gasteiger partial charge in [-0.25, -0.2) is 0 Å². The van der Waals surface area contributed by atoms with Gasteiger partial charge in [-0.1, -0.05) is 33.6 Å². The summed E-state index contributed by atoms with van der Waals surface area (Å²) in [5.41, 5.74) is 0. The molecule has 1 saturated carbocycles. The van der Waals surface area contributed by atoms with E-state index in [9.17, 15) is 0 Å². The summed E-state index contributed by atoms with van der Waals surface area (Å²) >= 11 is 0. The topological polar surface area (TPSA) is 9.72 Å². The molecule has 0 heterocycles. The molecule has 0 amide bonds. The number of likely N-dealkylation sites (N-methyl/N-ethyl adjacent to an activating group) is 3. The van der Waals surface area contributed by atoms with Gasteiger partial charge in [0.15, 0.2) is 0 Å². The number of hydrogen-bond acceptors (Lipinski definition) is 3. The molecule has 0 N–H and O–H groups in total. The van der Waals surface area contributed by atoms with Crippen molar-refractivity contribution >= 4 is 0 Å². The van der Waals surface area contributed by atoms with E-state index in [0.717, 1.165) is 24.5 Å². The van der Waals surface area contributed by atoms with E-state index in [-0.39, 0.29) is 0 Å². The van der Waals surface area contributed by atoms with Crippen molar-refractivity contribution in [2.24, 2.45) is 5.92 Å². The highest BCUT2D eigenvalue weighted by Crippen LogP contribution is 2.26. The maximum Gasteiger partial charge on any atom is 0.0248 e. The summed E-state index contributed by atoms with van der Waals surface area (Å²) in [7, 11) is 9.13. The van der Waals surface area contributed by atoms with Gasteiger partial charge >= 0.3 is 0 Å². The molecule has 3 unspecified atom stereocenters. The molecule has 0 saturated heterocycles. The summed E-state index contributed by atoms with van der Waals surface area (Å²) in [4.78, 5) is 7.63. The largest absolute Gasteiger partial charge is 0.305 e. The predicted molar refractivity (Wildman–Crippen MR) is 93.9 cm³/mol. The van der Waals surface area contributed by atoms with Crippen LogP contribution >= 0.6 is 0 Å². The van der Waals surface area contributed by atoms with Crippen molar-refractivity contribution in [1.82, 2.24) is 14.7 Å². The highest BCUT2D eigenvalue weighted by atomic mass is 15.2. The fourth-order valence-corrected chi connectivity index (χ4v) is 3.87. The second-order valence-corrected chi connectivity index (χ2v) is 7.68. The van der Waals surface area contributed by atoms with Crippen LogP contribution in [0.2, 0.25) is 0 Å². The zero-order valence-corrected chi connectivity index (χ0v) is 15.6. The first-order chi connectivity index (χ1) is 9.86. The van der Waals surface area contributed by atoms with Gasteiger partial charge in [0.25, 0.3) is 0 Å². The van der Waals surface area contributed by atoms with Gasteiger partial charge in [-0.2, -0.15) is 0 Å². The first-order valence-electron chi connectivity index (χ1n) is 8.93. The minimum absolute atomic E-state index is 0.685. The number of hydrogen-bond donors (Lipinski definition) is 0. The molecule has 3 heteroatoms. The summed E-state index contributed by atoms with van der Waals surface area (Å²) in [5, 5.41) is 0. The highest BCUT2D eigenvalue weighted by molar-refractivity contribution is 4.88. The molecular formula is C18H39N3. The minimum Gasteiger partial charge on any atom is -0.305 e. The predicted octanol–water partition coefficient (Wildman–Crippen LogP) is 3.16. The fourth-order valence-electron chi connectivity index (χ4n) is 3.87. The third kappa shape index (κ3) is 5.88.